The van der Waals surface area contributed by atoms with Crippen molar-refractivity contribution in [2.45, 2.75) is 6.92 Å². The van der Waals surface area contributed by atoms with Gasteiger partial charge in [0.05, 0.1) is 18.2 Å². The van der Waals surface area contributed by atoms with E-state index in [0.29, 0.717) is 17.7 Å². The summed E-state index contributed by atoms with van der Waals surface area (Å²) in [5, 5.41) is 8.72. The molecule has 2 aromatic rings. The van der Waals surface area contributed by atoms with E-state index in [-0.39, 0.29) is 5.78 Å². The zero-order valence-electron chi connectivity index (χ0n) is 11.7. The number of hydrogen-bond acceptors (Lipinski definition) is 3. The average molecular weight is 277 g/mol. The molecule has 0 amide bonds. The summed E-state index contributed by atoms with van der Waals surface area (Å²) in [6.45, 7) is 2.57. The molecule has 0 aliphatic rings. The number of ketones is 1. The molecule has 21 heavy (non-hydrogen) atoms. The molecule has 0 atom stereocenters. The molecule has 0 saturated heterocycles. The van der Waals surface area contributed by atoms with Gasteiger partial charge in [0.25, 0.3) is 0 Å². The van der Waals surface area contributed by atoms with Crippen LogP contribution in [-0.4, -0.2) is 12.4 Å². The first-order chi connectivity index (χ1) is 10.2. The maximum absolute atomic E-state index is 12.0. The van der Waals surface area contributed by atoms with E-state index in [1.165, 1.54) is 6.08 Å². The van der Waals surface area contributed by atoms with Gasteiger partial charge in [0, 0.05) is 5.56 Å². The normalized spacial score (nSPS) is 10.3. The molecule has 0 unspecified atom stereocenters. The molecule has 3 heteroatoms. The molecule has 0 N–H and O–H groups in total. The number of nitriles is 1. The van der Waals surface area contributed by atoms with Gasteiger partial charge in [-0.25, -0.2) is 0 Å². The Balaban J connectivity index is 2.05. The molecule has 0 spiro atoms. The molecule has 0 saturated carbocycles. The second-order valence-electron chi connectivity index (χ2n) is 4.39. The molecule has 0 fully saturated rings. The van der Waals surface area contributed by atoms with Gasteiger partial charge in [0.1, 0.15) is 5.75 Å². The highest BCUT2D eigenvalue weighted by Crippen LogP contribution is 2.13. The number of hydrogen-bond donors (Lipinski definition) is 0. The summed E-state index contributed by atoms with van der Waals surface area (Å²) in [4.78, 5) is 12.0. The molecule has 0 radical (unpaired) electrons. The van der Waals surface area contributed by atoms with Gasteiger partial charge in [-0.05, 0) is 55.0 Å². The summed E-state index contributed by atoms with van der Waals surface area (Å²) < 4.78 is 5.36. The lowest BCUT2D eigenvalue weighted by Gasteiger charge is -2.02. The van der Waals surface area contributed by atoms with E-state index in [9.17, 15) is 4.79 Å². The number of allylic oxidation sites excluding steroid dienone is 1. The Kier molecular flexibility index (Phi) is 4.89. The van der Waals surface area contributed by atoms with Crippen molar-refractivity contribution in [2.75, 3.05) is 6.61 Å². The number of carbonyl (C=O) groups excluding carboxylic acids is 1. The molecule has 0 aromatic heterocycles. The molecule has 2 aromatic carbocycles. The van der Waals surface area contributed by atoms with Crippen molar-refractivity contribution in [1.29, 1.82) is 5.26 Å². The predicted octanol–water partition coefficient (Wildman–Crippen LogP) is 3.85. The summed E-state index contributed by atoms with van der Waals surface area (Å²) >= 11 is 0. The van der Waals surface area contributed by atoms with Gasteiger partial charge >= 0.3 is 0 Å². The Morgan fingerprint density at radius 1 is 1.14 bits per heavy atom. The van der Waals surface area contributed by atoms with E-state index >= 15 is 0 Å². The lowest BCUT2D eigenvalue weighted by Crippen LogP contribution is -1.94. The fourth-order valence-electron chi connectivity index (χ4n) is 1.82. The van der Waals surface area contributed by atoms with Crippen LogP contribution < -0.4 is 4.74 Å². The maximum Gasteiger partial charge on any atom is 0.185 e. The Morgan fingerprint density at radius 3 is 2.38 bits per heavy atom. The van der Waals surface area contributed by atoms with E-state index in [2.05, 4.69) is 0 Å². The van der Waals surface area contributed by atoms with Gasteiger partial charge in [0.15, 0.2) is 5.78 Å². The number of nitrogens with zero attached hydrogens (tertiary/aromatic N) is 1. The van der Waals surface area contributed by atoms with E-state index < -0.39 is 0 Å². The monoisotopic (exact) mass is 277 g/mol. The molecular formula is C18H15NO2. The molecular weight excluding hydrogens is 262 g/mol. The Labute approximate surface area is 124 Å². The van der Waals surface area contributed by atoms with Crippen LogP contribution in [0.2, 0.25) is 0 Å². The molecule has 104 valence electrons. The van der Waals surface area contributed by atoms with Crippen LogP contribution >= 0.6 is 0 Å². The summed E-state index contributed by atoms with van der Waals surface area (Å²) in [5.41, 5.74) is 2.04. The predicted molar refractivity (Wildman–Crippen MR) is 82.1 cm³/mol. The van der Waals surface area contributed by atoms with Gasteiger partial charge in [-0.2, -0.15) is 5.26 Å². The van der Waals surface area contributed by atoms with Crippen LogP contribution in [0.4, 0.5) is 0 Å². The first kappa shape index (κ1) is 14.5. The van der Waals surface area contributed by atoms with Gasteiger partial charge in [-0.1, -0.05) is 18.2 Å². The van der Waals surface area contributed by atoms with Crippen LogP contribution in [0.15, 0.2) is 54.6 Å². The highest BCUT2D eigenvalue weighted by atomic mass is 16.5. The fourth-order valence-corrected chi connectivity index (χ4v) is 1.82. The molecule has 2 rings (SSSR count). The quantitative estimate of drug-likeness (QED) is 0.616. The second kappa shape index (κ2) is 7.06. The highest BCUT2D eigenvalue weighted by molar-refractivity contribution is 6.06. The van der Waals surface area contributed by atoms with Crippen molar-refractivity contribution in [2.24, 2.45) is 0 Å². The standard InChI is InChI=1S/C18H15NO2/c1-2-21-17-10-5-14(6-11-17)7-12-18(20)16-8-3-15(13-19)4-9-16/h3-12H,2H2,1H3. The number of carbonyl (C=O) groups is 1. The zero-order valence-corrected chi connectivity index (χ0v) is 11.7. The topological polar surface area (TPSA) is 50.1 Å². The Bertz CT molecular complexity index is 677. The lowest BCUT2D eigenvalue weighted by molar-refractivity contribution is 0.104. The lowest BCUT2D eigenvalue weighted by atomic mass is 10.1. The van der Waals surface area contributed by atoms with Crippen LogP contribution in [-0.2, 0) is 0 Å². The first-order valence-corrected chi connectivity index (χ1v) is 6.68. The SMILES string of the molecule is CCOc1ccc(C=CC(=O)c2ccc(C#N)cc2)cc1. The molecule has 0 heterocycles. The van der Waals surface area contributed by atoms with E-state index in [1.807, 2.05) is 37.3 Å². The minimum atomic E-state index is -0.0895. The molecule has 0 aliphatic heterocycles. The van der Waals surface area contributed by atoms with Crippen molar-refractivity contribution in [3.63, 3.8) is 0 Å². The van der Waals surface area contributed by atoms with Crippen molar-refractivity contribution < 1.29 is 9.53 Å². The summed E-state index contributed by atoms with van der Waals surface area (Å²) in [5.74, 6) is 0.724. The smallest absolute Gasteiger partial charge is 0.185 e. The van der Waals surface area contributed by atoms with Gasteiger partial charge in [-0.15, -0.1) is 0 Å². The first-order valence-electron chi connectivity index (χ1n) is 6.68. The van der Waals surface area contributed by atoms with Crippen molar-refractivity contribution >= 4 is 11.9 Å². The summed E-state index contributed by atoms with van der Waals surface area (Å²) in [6, 6.07) is 16.1. The third-order valence-corrected chi connectivity index (χ3v) is 2.92. The van der Waals surface area contributed by atoms with Crippen LogP contribution in [0.25, 0.3) is 6.08 Å². The van der Waals surface area contributed by atoms with Gasteiger partial charge in [0.2, 0.25) is 0 Å². The summed E-state index contributed by atoms with van der Waals surface area (Å²) in [7, 11) is 0. The van der Waals surface area contributed by atoms with Crippen molar-refractivity contribution in [3.8, 4) is 11.8 Å². The van der Waals surface area contributed by atoms with Crippen molar-refractivity contribution in [1.82, 2.24) is 0 Å². The Hall–Kier alpha value is -2.86. The van der Waals surface area contributed by atoms with Crippen LogP contribution in [0.3, 0.4) is 0 Å². The molecule has 0 aliphatic carbocycles. The van der Waals surface area contributed by atoms with Gasteiger partial charge in [-0.3, -0.25) is 4.79 Å². The third kappa shape index (κ3) is 4.05. The minimum absolute atomic E-state index is 0.0895. The van der Waals surface area contributed by atoms with Crippen LogP contribution in [0.1, 0.15) is 28.4 Å². The fraction of sp³-hybridized carbons (Fsp3) is 0.111. The molecule has 3 nitrogen and oxygen atoms in total. The van der Waals surface area contributed by atoms with E-state index in [1.54, 1.807) is 30.3 Å². The van der Waals surface area contributed by atoms with Crippen LogP contribution in [0, 0.1) is 11.3 Å². The van der Waals surface area contributed by atoms with Gasteiger partial charge < -0.3 is 4.74 Å². The Morgan fingerprint density at radius 2 is 1.81 bits per heavy atom. The maximum atomic E-state index is 12.0. The van der Waals surface area contributed by atoms with E-state index in [0.717, 1.165) is 11.3 Å². The molecule has 0 bridgehead atoms. The van der Waals surface area contributed by atoms with E-state index in [4.69, 9.17) is 10.00 Å². The average Bonchev–Trinajstić information content (AvgIpc) is 2.54. The number of rotatable bonds is 5. The van der Waals surface area contributed by atoms with Crippen molar-refractivity contribution in [3.05, 3.63) is 71.3 Å². The van der Waals surface area contributed by atoms with Crippen LogP contribution in [0.5, 0.6) is 5.75 Å². The number of benzene rings is 2. The third-order valence-electron chi connectivity index (χ3n) is 2.92. The minimum Gasteiger partial charge on any atom is -0.494 e. The zero-order chi connectivity index (χ0) is 15.1. The largest absolute Gasteiger partial charge is 0.494 e. The second-order valence-corrected chi connectivity index (χ2v) is 4.39. The number of ether oxygens (including phenoxy) is 1. The summed E-state index contributed by atoms with van der Waals surface area (Å²) in [6.07, 6.45) is 3.29. The highest BCUT2D eigenvalue weighted by Gasteiger charge is 2.01.